The summed E-state index contributed by atoms with van der Waals surface area (Å²) < 4.78 is 0. The number of anilines is 1. The molecule has 1 aromatic carbocycles. The minimum atomic E-state index is -0.149. The van der Waals surface area contributed by atoms with Gasteiger partial charge in [0, 0.05) is 12.2 Å². The molecule has 0 spiro atoms. The van der Waals surface area contributed by atoms with Gasteiger partial charge in [0.15, 0.2) is 5.11 Å². The van der Waals surface area contributed by atoms with Gasteiger partial charge in [-0.25, -0.2) is 4.98 Å². The summed E-state index contributed by atoms with van der Waals surface area (Å²) in [5.41, 5.74) is 1.31. The van der Waals surface area contributed by atoms with E-state index in [9.17, 15) is 4.79 Å². The van der Waals surface area contributed by atoms with Crippen molar-refractivity contribution in [3.63, 3.8) is 0 Å². The van der Waals surface area contributed by atoms with Gasteiger partial charge in [-0.05, 0) is 36.8 Å². The first-order valence-electron chi connectivity index (χ1n) is 8.23. The van der Waals surface area contributed by atoms with Crippen molar-refractivity contribution in [1.82, 2.24) is 15.3 Å². The topological polar surface area (TPSA) is 69.8 Å². The smallest absolute Gasteiger partial charge is 0.258 e. The highest BCUT2D eigenvalue weighted by Crippen LogP contribution is 2.13. The molecule has 2 rings (SSSR count). The van der Waals surface area contributed by atoms with E-state index in [0.29, 0.717) is 16.0 Å². The third-order valence-electron chi connectivity index (χ3n) is 3.71. The molecule has 0 bridgehead atoms. The first kappa shape index (κ1) is 17.4. The Morgan fingerprint density at radius 1 is 1.22 bits per heavy atom. The maximum Gasteiger partial charge on any atom is 0.258 e. The molecule has 2 aromatic rings. The van der Waals surface area contributed by atoms with E-state index in [2.05, 4.69) is 27.5 Å². The number of hydrogen-bond acceptors (Lipinski definition) is 3. The number of unbranched alkanes of at least 4 members (excludes halogenated alkanes) is 5. The lowest BCUT2D eigenvalue weighted by Crippen LogP contribution is -2.29. The van der Waals surface area contributed by atoms with Crippen LogP contribution in [0.1, 0.15) is 45.4 Å². The second-order valence-electron chi connectivity index (χ2n) is 5.61. The maximum atomic E-state index is 11.8. The number of aromatic nitrogens is 2. The van der Waals surface area contributed by atoms with E-state index in [-0.39, 0.29) is 5.56 Å². The van der Waals surface area contributed by atoms with E-state index in [1.165, 1.54) is 38.4 Å². The minimum Gasteiger partial charge on any atom is -0.362 e. The molecule has 0 atom stereocenters. The Labute approximate surface area is 141 Å². The van der Waals surface area contributed by atoms with Crippen molar-refractivity contribution < 1.29 is 0 Å². The molecular weight excluding hydrogens is 308 g/mol. The van der Waals surface area contributed by atoms with Crippen molar-refractivity contribution in [2.24, 2.45) is 0 Å². The van der Waals surface area contributed by atoms with Gasteiger partial charge in [-0.3, -0.25) is 4.79 Å². The van der Waals surface area contributed by atoms with Crippen molar-refractivity contribution in [2.75, 3.05) is 11.9 Å². The van der Waals surface area contributed by atoms with Gasteiger partial charge in [-0.2, -0.15) is 0 Å². The van der Waals surface area contributed by atoms with Crippen LogP contribution < -0.4 is 16.2 Å². The molecule has 0 aliphatic carbocycles. The Bertz CT molecular complexity index is 698. The van der Waals surface area contributed by atoms with E-state index in [0.717, 1.165) is 18.7 Å². The van der Waals surface area contributed by atoms with Crippen LogP contribution in [0.3, 0.4) is 0 Å². The lowest BCUT2D eigenvalue weighted by atomic mass is 10.1. The molecule has 0 fully saturated rings. The number of aromatic amines is 1. The van der Waals surface area contributed by atoms with E-state index >= 15 is 0 Å². The third-order valence-corrected chi connectivity index (χ3v) is 3.96. The molecule has 124 valence electrons. The summed E-state index contributed by atoms with van der Waals surface area (Å²) in [6.45, 7) is 3.09. The fraction of sp³-hybridized carbons (Fsp3) is 0.471. The van der Waals surface area contributed by atoms with Crippen molar-refractivity contribution in [3.8, 4) is 0 Å². The molecule has 6 heteroatoms. The summed E-state index contributed by atoms with van der Waals surface area (Å²) in [7, 11) is 0. The van der Waals surface area contributed by atoms with Crippen LogP contribution in [-0.2, 0) is 0 Å². The van der Waals surface area contributed by atoms with E-state index in [1.807, 2.05) is 12.1 Å². The molecule has 0 radical (unpaired) electrons. The summed E-state index contributed by atoms with van der Waals surface area (Å²) in [5.74, 6) is 0. The molecule has 3 N–H and O–H groups in total. The Balaban J connectivity index is 1.77. The summed E-state index contributed by atoms with van der Waals surface area (Å²) in [5, 5.41) is 7.45. The van der Waals surface area contributed by atoms with Gasteiger partial charge >= 0.3 is 0 Å². The van der Waals surface area contributed by atoms with Crippen molar-refractivity contribution in [3.05, 3.63) is 34.9 Å². The number of benzene rings is 1. The summed E-state index contributed by atoms with van der Waals surface area (Å²) in [4.78, 5) is 18.5. The normalized spacial score (nSPS) is 10.7. The first-order chi connectivity index (χ1) is 11.2. The van der Waals surface area contributed by atoms with Crippen LogP contribution in [0.2, 0.25) is 0 Å². The average Bonchev–Trinajstić information content (AvgIpc) is 2.55. The Morgan fingerprint density at radius 3 is 2.83 bits per heavy atom. The van der Waals surface area contributed by atoms with Gasteiger partial charge in [-0.1, -0.05) is 39.0 Å². The highest BCUT2D eigenvalue weighted by atomic mass is 32.1. The van der Waals surface area contributed by atoms with Crippen molar-refractivity contribution in [2.45, 2.75) is 45.4 Å². The molecule has 0 aliphatic rings. The van der Waals surface area contributed by atoms with Crippen LogP contribution in [0.4, 0.5) is 5.69 Å². The molecule has 0 saturated carbocycles. The van der Waals surface area contributed by atoms with Crippen LogP contribution in [0.25, 0.3) is 10.9 Å². The van der Waals surface area contributed by atoms with Crippen molar-refractivity contribution >= 4 is 33.9 Å². The molecule has 0 unspecified atom stereocenters. The number of nitrogens with one attached hydrogen (secondary N) is 3. The molecule has 0 amide bonds. The molecule has 23 heavy (non-hydrogen) atoms. The highest BCUT2D eigenvalue weighted by Gasteiger charge is 2.02. The van der Waals surface area contributed by atoms with Gasteiger partial charge in [0.2, 0.25) is 0 Å². The number of H-pyrrole nitrogens is 1. The summed E-state index contributed by atoms with van der Waals surface area (Å²) in [6.07, 6.45) is 8.96. The third kappa shape index (κ3) is 5.63. The molecule has 0 aliphatic heterocycles. The van der Waals surface area contributed by atoms with Gasteiger partial charge in [-0.15, -0.1) is 0 Å². The van der Waals surface area contributed by atoms with Crippen molar-refractivity contribution in [1.29, 1.82) is 0 Å². The van der Waals surface area contributed by atoms with Crippen LogP contribution in [0, 0.1) is 0 Å². The lowest BCUT2D eigenvalue weighted by molar-refractivity contribution is 0.603. The Hall–Kier alpha value is -1.95. The van der Waals surface area contributed by atoms with Gasteiger partial charge in [0.1, 0.15) is 0 Å². The van der Waals surface area contributed by atoms with Gasteiger partial charge in [0.25, 0.3) is 5.56 Å². The summed E-state index contributed by atoms with van der Waals surface area (Å²) in [6, 6.07) is 5.44. The zero-order valence-electron chi connectivity index (χ0n) is 13.5. The molecule has 0 saturated heterocycles. The maximum absolute atomic E-state index is 11.8. The second kappa shape index (κ2) is 9.25. The average molecular weight is 332 g/mol. The van der Waals surface area contributed by atoms with Crippen LogP contribution in [0.15, 0.2) is 29.3 Å². The Kier molecular flexibility index (Phi) is 7.00. The predicted molar refractivity (Wildman–Crippen MR) is 100.0 cm³/mol. The SMILES string of the molecule is CCCCCCCCNC(=S)Nc1ccc2nc[nH]c(=O)c2c1. The first-order valence-corrected chi connectivity index (χ1v) is 8.64. The fourth-order valence-electron chi connectivity index (χ4n) is 2.43. The number of fused-ring (bicyclic) bond motifs is 1. The standard InChI is InChI=1S/C17H24N4OS/c1-2-3-4-5-6-7-10-18-17(23)21-13-8-9-15-14(11-13)16(22)20-12-19-15/h8-9,11-12H,2-7,10H2,1H3,(H2,18,21,23)(H,19,20,22). The number of rotatable bonds is 8. The van der Waals surface area contributed by atoms with Gasteiger partial charge in [0.05, 0.1) is 17.2 Å². The number of thiocarbonyl (C=S) groups is 1. The largest absolute Gasteiger partial charge is 0.362 e. The van der Waals surface area contributed by atoms with E-state index < -0.39 is 0 Å². The van der Waals surface area contributed by atoms with Crippen LogP contribution in [-0.4, -0.2) is 21.6 Å². The minimum absolute atomic E-state index is 0.149. The summed E-state index contributed by atoms with van der Waals surface area (Å²) >= 11 is 5.29. The van der Waals surface area contributed by atoms with E-state index in [4.69, 9.17) is 12.2 Å². The fourth-order valence-corrected chi connectivity index (χ4v) is 2.65. The van der Waals surface area contributed by atoms with Crippen LogP contribution in [0.5, 0.6) is 0 Å². The predicted octanol–water partition coefficient (Wildman–Crippen LogP) is 3.57. The monoisotopic (exact) mass is 332 g/mol. The van der Waals surface area contributed by atoms with Crippen LogP contribution >= 0.6 is 12.2 Å². The number of hydrogen-bond donors (Lipinski definition) is 3. The zero-order chi connectivity index (χ0) is 16.5. The second-order valence-corrected chi connectivity index (χ2v) is 6.02. The quantitative estimate of drug-likeness (QED) is 0.509. The molecule has 1 heterocycles. The lowest BCUT2D eigenvalue weighted by Gasteiger charge is -2.10. The molecule has 5 nitrogen and oxygen atoms in total. The molecule has 1 aromatic heterocycles. The molecular formula is C17H24N4OS. The Morgan fingerprint density at radius 2 is 2.00 bits per heavy atom. The zero-order valence-corrected chi connectivity index (χ0v) is 14.3. The highest BCUT2D eigenvalue weighted by molar-refractivity contribution is 7.80. The van der Waals surface area contributed by atoms with Gasteiger partial charge < -0.3 is 15.6 Å². The number of nitrogens with zero attached hydrogens (tertiary/aromatic N) is 1. The van der Waals surface area contributed by atoms with E-state index in [1.54, 1.807) is 6.07 Å².